The molecule has 3 heterocycles. The van der Waals surface area contributed by atoms with Gasteiger partial charge in [0.05, 0.1) is 18.8 Å². The molecular formula is C26H32ClN3O2. The van der Waals surface area contributed by atoms with Crippen LogP contribution in [0.2, 0.25) is 5.02 Å². The molecule has 0 aliphatic carbocycles. The largest absolute Gasteiger partial charge is 0.365 e. The van der Waals surface area contributed by atoms with Crippen molar-refractivity contribution < 1.29 is 9.53 Å². The molecule has 2 saturated heterocycles. The second kappa shape index (κ2) is 9.52. The normalized spacial score (nSPS) is 22.8. The average Bonchev–Trinajstić information content (AvgIpc) is 3.46. The average molecular weight is 454 g/mol. The predicted octanol–water partition coefficient (Wildman–Crippen LogP) is 4.16. The lowest BCUT2D eigenvalue weighted by Gasteiger charge is -2.39. The number of halogens is 1. The zero-order chi connectivity index (χ0) is 22.0. The van der Waals surface area contributed by atoms with Crippen molar-refractivity contribution in [3.05, 3.63) is 70.2 Å². The fourth-order valence-corrected chi connectivity index (χ4v) is 5.74. The van der Waals surface area contributed by atoms with Crippen LogP contribution in [0.3, 0.4) is 0 Å². The van der Waals surface area contributed by atoms with Gasteiger partial charge in [0.15, 0.2) is 0 Å². The molecule has 6 heteroatoms. The van der Waals surface area contributed by atoms with Gasteiger partial charge in [0, 0.05) is 30.2 Å². The van der Waals surface area contributed by atoms with Crippen molar-refractivity contribution in [2.24, 2.45) is 0 Å². The number of fused-ring (bicyclic) bond motifs is 2. The summed E-state index contributed by atoms with van der Waals surface area (Å²) in [6.45, 7) is 3.57. The summed E-state index contributed by atoms with van der Waals surface area (Å²) in [5, 5.41) is 7.85. The maximum absolute atomic E-state index is 13.1. The standard InChI is InChI=1S/C26H32ClN3O2/c27-21-7-3-6-19(15-21)24(16-22-8-4-12-28-22)29-17-25(31)30-13-10-26(11-14-30)23-9-2-1-5-20(23)18-32-26/h1-3,5-7,9,15,22,24,28-29H,4,8,10-14,16-18H2/t22-,24-/m0/s1. The number of nitrogens with zero attached hydrogens (tertiary/aromatic N) is 1. The van der Waals surface area contributed by atoms with Crippen molar-refractivity contribution in [1.29, 1.82) is 0 Å². The monoisotopic (exact) mass is 453 g/mol. The SMILES string of the molecule is O=C(CN[C@@H](C[C@@H]1CCCN1)c1cccc(Cl)c1)N1CCC2(CC1)OCc1ccccc12. The topological polar surface area (TPSA) is 53.6 Å². The number of nitrogens with one attached hydrogen (secondary N) is 2. The van der Waals surface area contributed by atoms with E-state index in [0.29, 0.717) is 19.2 Å². The summed E-state index contributed by atoms with van der Waals surface area (Å²) in [4.78, 5) is 15.1. The van der Waals surface area contributed by atoms with E-state index < -0.39 is 0 Å². The molecule has 32 heavy (non-hydrogen) atoms. The van der Waals surface area contributed by atoms with E-state index in [0.717, 1.165) is 49.5 Å². The van der Waals surface area contributed by atoms with Crippen molar-refractivity contribution in [1.82, 2.24) is 15.5 Å². The Morgan fingerprint density at radius 2 is 2.06 bits per heavy atom. The summed E-state index contributed by atoms with van der Waals surface area (Å²) in [6.07, 6.45) is 5.08. The zero-order valence-electron chi connectivity index (χ0n) is 18.5. The lowest BCUT2D eigenvalue weighted by Crippen LogP contribution is -2.48. The van der Waals surface area contributed by atoms with Crippen LogP contribution in [0.1, 0.15) is 54.8 Å². The molecule has 1 spiro atoms. The quantitative estimate of drug-likeness (QED) is 0.689. The first kappa shape index (κ1) is 21.9. The van der Waals surface area contributed by atoms with E-state index in [1.165, 1.54) is 24.0 Å². The van der Waals surface area contributed by atoms with Gasteiger partial charge in [-0.05, 0) is 67.5 Å². The van der Waals surface area contributed by atoms with E-state index in [4.69, 9.17) is 16.3 Å². The first-order valence-corrected chi connectivity index (χ1v) is 12.2. The van der Waals surface area contributed by atoms with Gasteiger partial charge in [-0.1, -0.05) is 48.0 Å². The van der Waals surface area contributed by atoms with Crippen molar-refractivity contribution in [2.75, 3.05) is 26.2 Å². The fraction of sp³-hybridized carbons (Fsp3) is 0.500. The number of hydrogen-bond donors (Lipinski definition) is 2. The third-order valence-corrected chi connectivity index (χ3v) is 7.60. The van der Waals surface area contributed by atoms with Crippen LogP contribution >= 0.6 is 11.6 Å². The molecule has 5 nitrogen and oxygen atoms in total. The third kappa shape index (κ3) is 4.58. The minimum atomic E-state index is -0.210. The summed E-state index contributed by atoms with van der Waals surface area (Å²) >= 11 is 6.25. The lowest BCUT2D eigenvalue weighted by atomic mass is 9.84. The van der Waals surface area contributed by atoms with E-state index in [9.17, 15) is 4.79 Å². The van der Waals surface area contributed by atoms with Gasteiger partial charge in [0.2, 0.25) is 5.91 Å². The maximum Gasteiger partial charge on any atom is 0.236 e. The van der Waals surface area contributed by atoms with Crippen LogP contribution in [0, 0.1) is 0 Å². The predicted molar refractivity (Wildman–Crippen MR) is 127 cm³/mol. The van der Waals surface area contributed by atoms with E-state index in [1.807, 2.05) is 23.1 Å². The Morgan fingerprint density at radius 1 is 1.22 bits per heavy atom. The highest BCUT2D eigenvalue weighted by Gasteiger charge is 2.43. The zero-order valence-corrected chi connectivity index (χ0v) is 19.2. The third-order valence-electron chi connectivity index (χ3n) is 7.37. The van der Waals surface area contributed by atoms with Crippen LogP contribution in [0.4, 0.5) is 0 Å². The van der Waals surface area contributed by atoms with Crippen LogP contribution in [-0.4, -0.2) is 43.0 Å². The lowest BCUT2D eigenvalue weighted by molar-refractivity contribution is -0.137. The minimum Gasteiger partial charge on any atom is -0.365 e. The number of benzene rings is 2. The summed E-state index contributed by atoms with van der Waals surface area (Å²) in [5.74, 6) is 0.164. The Morgan fingerprint density at radius 3 is 2.84 bits per heavy atom. The number of carbonyl (C=O) groups excluding carboxylic acids is 1. The molecule has 2 N–H and O–H groups in total. The molecular weight excluding hydrogens is 422 g/mol. The van der Waals surface area contributed by atoms with Gasteiger partial charge < -0.3 is 20.3 Å². The Balaban J connectivity index is 1.19. The number of amides is 1. The van der Waals surface area contributed by atoms with Gasteiger partial charge in [0.25, 0.3) is 0 Å². The second-order valence-corrected chi connectivity index (χ2v) is 9.77. The molecule has 2 atom stereocenters. The Labute approximate surface area is 195 Å². The Bertz CT molecular complexity index is 952. The molecule has 0 unspecified atom stereocenters. The highest BCUT2D eigenvalue weighted by atomic mass is 35.5. The van der Waals surface area contributed by atoms with Crippen LogP contribution < -0.4 is 10.6 Å². The number of carbonyl (C=O) groups is 1. The van der Waals surface area contributed by atoms with Gasteiger partial charge in [-0.2, -0.15) is 0 Å². The summed E-state index contributed by atoms with van der Waals surface area (Å²) in [5.41, 5.74) is 3.54. The van der Waals surface area contributed by atoms with Gasteiger partial charge in [-0.25, -0.2) is 0 Å². The molecule has 2 aromatic rings. The van der Waals surface area contributed by atoms with Crippen LogP contribution in [-0.2, 0) is 21.7 Å². The van der Waals surface area contributed by atoms with Crippen LogP contribution in [0.25, 0.3) is 0 Å². The Hall–Kier alpha value is -1.92. The van der Waals surface area contributed by atoms with Gasteiger partial charge in [-0.15, -0.1) is 0 Å². The first-order chi connectivity index (χ1) is 15.6. The molecule has 170 valence electrons. The highest BCUT2D eigenvalue weighted by molar-refractivity contribution is 6.30. The molecule has 2 aromatic carbocycles. The van der Waals surface area contributed by atoms with Crippen LogP contribution in [0.5, 0.6) is 0 Å². The number of ether oxygens (including phenoxy) is 1. The maximum atomic E-state index is 13.1. The molecule has 3 aliphatic rings. The number of piperidine rings is 1. The minimum absolute atomic E-state index is 0.106. The molecule has 0 aromatic heterocycles. The highest BCUT2D eigenvalue weighted by Crippen LogP contribution is 2.43. The molecule has 0 bridgehead atoms. The van der Waals surface area contributed by atoms with Gasteiger partial charge in [0.1, 0.15) is 0 Å². The first-order valence-electron chi connectivity index (χ1n) is 11.9. The Kier molecular flexibility index (Phi) is 6.51. The summed E-state index contributed by atoms with van der Waals surface area (Å²) < 4.78 is 6.25. The number of likely N-dealkylation sites (tertiary alicyclic amines) is 1. The molecule has 0 saturated carbocycles. The fourth-order valence-electron chi connectivity index (χ4n) is 5.54. The van der Waals surface area contributed by atoms with Crippen molar-refractivity contribution in [2.45, 2.75) is 56.4 Å². The molecule has 3 aliphatic heterocycles. The van der Waals surface area contributed by atoms with Gasteiger partial charge in [-0.3, -0.25) is 4.79 Å². The molecule has 1 amide bonds. The smallest absolute Gasteiger partial charge is 0.236 e. The van der Waals surface area contributed by atoms with Gasteiger partial charge >= 0.3 is 0 Å². The van der Waals surface area contributed by atoms with E-state index >= 15 is 0 Å². The van der Waals surface area contributed by atoms with E-state index in [2.05, 4.69) is 41.0 Å². The van der Waals surface area contributed by atoms with Crippen LogP contribution in [0.15, 0.2) is 48.5 Å². The summed E-state index contributed by atoms with van der Waals surface area (Å²) in [6, 6.07) is 17.1. The van der Waals surface area contributed by atoms with E-state index in [1.54, 1.807) is 0 Å². The van der Waals surface area contributed by atoms with Crippen molar-refractivity contribution in [3.8, 4) is 0 Å². The molecule has 5 rings (SSSR count). The van der Waals surface area contributed by atoms with Crippen molar-refractivity contribution >= 4 is 17.5 Å². The number of rotatable bonds is 6. The number of hydrogen-bond acceptors (Lipinski definition) is 4. The van der Waals surface area contributed by atoms with E-state index in [-0.39, 0.29) is 17.6 Å². The molecule has 2 fully saturated rings. The second-order valence-electron chi connectivity index (χ2n) is 9.34. The van der Waals surface area contributed by atoms with Crippen molar-refractivity contribution in [3.63, 3.8) is 0 Å². The summed E-state index contributed by atoms with van der Waals surface area (Å²) in [7, 11) is 0. The molecule has 0 radical (unpaired) electrons.